The number of carbonyl (C=O) groups is 1. The molecule has 1 aromatic heterocycles. The number of nitrogens with zero attached hydrogens (tertiary/aromatic N) is 2. The van der Waals surface area contributed by atoms with Gasteiger partial charge >= 0.3 is 5.97 Å². The van der Waals surface area contributed by atoms with Gasteiger partial charge < -0.3 is 18.6 Å². The summed E-state index contributed by atoms with van der Waals surface area (Å²) in [4.78, 5) is 19.1. The Morgan fingerprint density at radius 1 is 1.28 bits per heavy atom. The van der Waals surface area contributed by atoms with Crippen molar-refractivity contribution in [3.8, 4) is 23.0 Å². The van der Waals surface area contributed by atoms with Gasteiger partial charge in [-0.1, -0.05) is 12.5 Å². The zero-order chi connectivity index (χ0) is 20.8. The van der Waals surface area contributed by atoms with E-state index in [9.17, 15) is 4.79 Å². The fourth-order valence-electron chi connectivity index (χ4n) is 3.85. The van der Waals surface area contributed by atoms with Crippen LogP contribution in [-0.4, -0.2) is 49.3 Å². The van der Waals surface area contributed by atoms with Gasteiger partial charge in [0.25, 0.3) is 0 Å². The smallest absolute Gasteiger partial charge is 0.307 e. The van der Waals surface area contributed by atoms with Gasteiger partial charge in [0, 0.05) is 12.6 Å². The number of benzene rings is 1. The lowest BCUT2D eigenvalue weighted by Crippen LogP contribution is -2.40. The highest BCUT2D eigenvalue weighted by Crippen LogP contribution is 2.38. The predicted octanol–water partition coefficient (Wildman–Crippen LogP) is 3.97. The van der Waals surface area contributed by atoms with Crippen LogP contribution in [0.5, 0.6) is 11.5 Å². The minimum atomic E-state index is -0.136. The molecule has 2 aromatic rings. The number of para-hydroxylation sites is 1. The van der Waals surface area contributed by atoms with Crippen molar-refractivity contribution in [3.63, 3.8) is 0 Å². The van der Waals surface area contributed by atoms with Crippen LogP contribution in [0.1, 0.15) is 44.1 Å². The Labute approximate surface area is 172 Å². The number of oxazole rings is 1. The Morgan fingerprint density at radius 3 is 2.83 bits per heavy atom. The molecule has 7 heteroatoms. The molecular weight excluding hydrogens is 372 g/mol. The average Bonchev–Trinajstić information content (AvgIpc) is 3.09. The number of methoxy groups -OCH3 is 2. The Balaban J connectivity index is 1.81. The third kappa shape index (κ3) is 4.90. The highest BCUT2D eigenvalue weighted by molar-refractivity contribution is 5.70. The first-order valence-electron chi connectivity index (χ1n) is 10.1. The first-order valence-corrected chi connectivity index (χ1v) is 10.1. The van der Waals surface area contributed by atoms with Crippen molar-refractivity contribution in [1.29, 1.82) is 0 Å². The van der Waals surface area contributed by atoms with Gasteiger partial charge in [0.1, 0.15) is 5.76 Å². The molecule has 0 unspecified atom stereocenters. The number of aryl methyl sites for hydroxylation is 1. The zero-order valence-electron chi connectivity index (χ0n) is 17.7. The van der Waals surface area contributed by atoms with Crippen LogP contribution in [0.4, 0.5) is 0 Å². The minimum absolute atomic E-state index is 0.136. The fourth-order valence-corrected chi connectivity index (χ4v) is 3.85. The normalized spacial score (nSPS) is 17.2. The molecule has 0 spiro atoms. The maximum atomic E-state index is 12.0. The lowest BCUT2D eigenvalue weighted by atomic mass is 9.99. The Morgan fingerprint density at radius 2 is 2.10 bits per heavy atom. The number of piperidine rings is 1. The van der Waals surface area contributed by atoms with Gasteiger partial charge in [-0.3, -0.25) is 9.69 Å². The maximum Gasteiger partial charge on any atom is 0.307 e. The Kier molecular flexibility index (Phi) is 7.14. The lowest BCUT2D eigenvalue weighted by Gasteiger charge is -2.34. The molecule has 1 fully saturated rings. The van der Waals surface area contributed by atoms with Crippen LogP contribution in [0.25, 0.3) is 11.5 Å². The van der Waals surface area contributed by atoms with Crippen molar-refractivity contribution < 1.29 is 23.4 Å². The molecule has 158 valence electrons. The van der Waals surface area contributed by atoms with E-state index in [2.05, 4.69) is 4.90 Å². The highest BCUT2D eigenvalue weighted by atomic mass is 16.5. The van der Waals surface area contributed by atoms with E-state index in [0.29, 0.717) is 37.0 Å². The van der Waals surface area contributed by atoms with Crippen LogP contribution in [-0.2, 0) is 16.1 Å². The molecule has 1 aliphatic rings. The standard InChI is InChI=1S/C22H30N2O5/c1-5-28-20(25)13-16-9-6-7-12-24(16)14-18-15(2)29-22(23-18)17-10-8-11-19(26-3)21(17)27-4/h8,10-11,16H,5-7,9,12-14H2,1-4H3/t16-/m1/s1. The van der Waals surface area contributed by atoms with Crippen LogP contribution in [0.2, 0.25) is 0 Å². The second kappa shape index (κ2) is 9.78. The second-order valence-electron chi connectivity index (χ2n) is 7.19. The molecule has 1 atom stereocenters. The summed E-state index contributed by atoms with van der Waals surface area (Å²) in [5.74, 6) is 2.37. The summed E-state index contributed by atoms with van der Waals surface area (Å²) >= 11 is 0. The van der Waals surface area contributed by atoms with Crippen LogP contribution in [0, 0.1) is 6.92 Å². The monoisotopic (exact) mass is 402 g/mol. The third-order valence-electron chi connectivity index (χ3n) is 5.34. The first kappa shape index (κ1) is 21.2. The molecular formula is C22H30N2O5. The summed E-state index contributed by atoms with van der Waals surface area (Å²) in [5.41, 5.74) is 1.63. The molecule has 7 nitrogen and oxygen atoms in total. The van der Waals surface area contributed by atoms with E-state index in [1.807, 2.05) is 32.0 Å². The molecule has 1 aromatic carbocycles. The van der Waals surface area contributed by atoms with Gasteiger partial charge in [0.15, 0.2) is 11.5 Å². The molecule has 0 bridgehead atoms. The number of rotatable bonds is 8. The third-order valence-corrected chi connectivity index (χ3v) is 5.34. The number of ether oxygens (including phenoxy) is 3. The number of carbonyl (C=O) groups excluding carboxylic acids is 1. The predicted molar refractivity (Wildman–Crippen MR) is 109 cm³/mol. The van der Waals surface area contributed by atoms with E-state index < -0.39 is 0 Å². The maximum absolute atomic E-state index is 12.0. The van der Waals surface area contributed by atoms with E-state index in [-0.39, 0.29) is 12.0 Å². The molecule has 0 aliphatic carbocycles. The van der Waals surface area contributed by atoms with Crippen molar-refractivity contribution in [2.45, 2.75) is 52.1 Å². The van der Waals surface area contributed by atoms with Gasteiger partial charge in [-0.25, -0.2) is 4.98 Å². The molecule has 29 heavy (non-hydrogen) atoms. The second-order valence-corrected chi connectivity index (χ2v) is 7.19. The number of esters is 1. The zero-order valence-corrected chi connectivity index (χ0v) is 17.7. The Bertz CT molecular complexity index is 833. The van der Waals surface area contributed by atoms with Gasteiger partial charge in [-0.2, -0.15) is 0 Å². The van der Waals surface area contributed by atoms with Crippen molar-refractivity contribution in [3.05, 3.63) is 29.7 Å². The summed E-state index contributed by atoms with van der Waals surface area (Å²) in [5, 5.41) is 0. The number of hydrogen-bond acceptors (Lipinski definition) is 7. The van der Waals surface area contributed by atoms with Crippen LogP contribution >= 0.6 is 0 Å². The molecule has 2 heterocycles. The quantitative estimate of drug-likeness (QED) is 0.618. The van der Waals surface area contributed by atoms with E-state index in [4.69, 9.17) is 23.6 Å². The molecule has 1 aliphatic heterocycles. The summed E-state index contributed by atoms with van der Waals surface area (Å²) < 4.78 is 22.0. The summed E-state index contributed by atoms with van der Waals surface area (Å²) in [7, 11) is 3.21. The van der Waals surface area contributed by atoms with Crippen LogP contribution < -0.4 is 9.47 Å². The molecule has 0 N–H and O–H groups in total. The average molecular weight is 402 g/mol. The molecule has 0 radical (unpaired) electrons. The largest absolute Gasteiger partial charge is 0.493 e. The van der Waals surface area contributed by atoms with Gasteiger partial charge in [-0.05, 0) is 45.4 Å². The van der Waals surface area contributed by atoms with Crippen molar-refractivity contribution >= 4 is 5.97 Å². The topological polar surface area (TPSA) is 74.0 Å². The molecule has 0 amide bonds. The van der Waals surface area contributed by atoms with E-state index in [0.717, 1.165) is 42.8 Å². The van der Waals surface area contributed by atoms with E-state index >= 15 is 0 Å². The number of likely N-dealkylation sites (tertiary alicyclic amines) is 1. The SMILES string of the molecule is CCOC(=O)C[C@H]1CCCCN1Cc1nc(-c2cccc(OC)c2OC)oc1C. The lowest BCUT2D eigenvalue weighted by molar-refractivity contribution is -0.145. The van der Waals surface area contributed by atoms with Crippen LogP contribution in [0.15, 0.2) is 22.6 Å². The van der Waals surface area contributed by atoms with Gasteiger partial charge in [-0.15, -0.1) is 0 Å². The van der Waals surface area contributed by atoms with Gasteiger partial charge in [0.05, 0.1) is 38.5 Å². The fraction of sp³-hybridized carbons (Fsp3) is 0.545. The van der Waals surface area contributed by atoms with Crippen molar-refractivity contribution in [2.24, 2.45) is 0 Å². The van der Waals surface area contributed by atoms with Gasteiger partial charge in [0.2, 0.25) is 5.89 Å². The number of hydrogen-bond donors (Lipinski definition) is 0. The Hall–Kier alpha value is -2.54. The van der Waals surface area contributed by atoms with Crippen molar-refractivity contribution in [1.82, 2.24) is 9.88 Å². The first-order chi connectivity index (χ1) is 14.1. The highest BCUT2D eigenvalue weighted by Gasteiger charge is 2.27. The van der Waals surface area contributed by atoms with E-state index in [1.54, 1.807) is 14.2 Å². The summed E-state index contributed by atoms with van der Waals surface area (Å²) in [6.07, 6.45) is 3.66. The minimum Gasteiger partial charge on any atom is -0.493 e. The molecule has 0 saturated carbocycles. The molecule has 3 rings (SSSR count). The summed E-state index contributed by atoms with van der Waals surface area (Å²) in [6.45, 7) is 5.76. The van der Waals surface area contributed by atoms with Crippen molar-refractivity contribution in [2.75, 3.05) is 27.4 Å². The summed E-state index contributed by atoms with van der Waals surface area (Å²) in [6, 6.07) is 5.80. The number of aromatic nitrogens is 1. The van der Waals surface area contributed by atoms with Crippen LogP contribution in [0.3, 0.4) is 0 Å². The molecule has 1 saturated heterocycles. The van der Waals surface area contributed by atoms with E-state index in [1.165, 1.54) is 0 Å².